The topological polar surface area (TPSA) is 59.1 Å². The molecule has 0 bridgehead atoms. The molecule has 0 spiro atoms. The Kier molecular flexibility index (Phi) is 6.85. The van der Waals surface area contributed by atoms with Crippen molar-refractivity contribution >= 4 is 34.9 Å². The Morgan fingerprint density at radius 2 is 2.11 bits per heavy atom. The second kappa shape index (κ2) is 9.34. The zero-order valence-corrected chi connectivity index (χ0v) is 17.8. The highest BCUT2D eigenvalue weighted by atomic mass is 32.2. The second-order valence-electron chi connectivity index (χ2n) is 6.22. The lowest BCUT2D eigenvalue weighted by atomic mass is 10.1. The van der Waals surface area contributed by atoms with Gasteiger partial charge in [0.2, 0.25) is 5.91 Å². The summed E-state index contributed by atoms with van der Waals surface area (Å²) in [5.41, 5.74) is 0.908. The molecule has 1 saturated heterocycles. The largest absolute Gasteiger partial charge is 0.497 e. The van der Waals surface area contributed by atoms with E-state index in [4.69, 9.17) is 9.47 Å². The minimum Gasteiger partial charge on any atom is -0.497 e. The Morgan fingerprint density at radius 3 is 2.75 bits per heavy atom. The van der Waals surface area contributed by atoms with E-state index >= 15 is 0 Å². The van der Waals surface area contributed by atoms with E-state index in [0.29, 0.717) is 25.4 Å². The van der Waals surface area contributed by atoms with Crippen LogP contribution in [0.1, 0.15) is 27.5 Å². The molecule has 28 heavy (non-hydrogen) atoms. The van der Waals surface area contributed by atoms with Gasteiger partial charge in [0.15, 0.2) is 0 Å². The van der Waals surface area contributed by atoms with Crippen LogP contribution in [-0.4, -0.2) is 61.2 Å². The van der Waals surface area contributed by atoms with Crippen LogP contribution in [0, 0.1) is 0 Å². The van der Waals surface area contributed by atoms with Crippen molar-refractivity contribution in [3.8, 4) is 11.5 Å². The molecule has 1 aromatic heterocycles. The third kappa shape index (κ3) is 4.28. The van der Waals surface area contributed by atoms with Gasteiger partial charge >= 0.3 is 0 Å². The zero-order chi connectivity index (χ0) is 20.1. The SMILES string of the molecule is CCN(CCN1C(=O)CS[C@@H]1c1cc(OC)ccc1OC)C(=O)c1cccs1. The maximum absolute atomic E-state index is 12.6. The highest BCUT2D eigenvalue weighted by molar-refractivity contribution is 8.00. The molecule has 0 aliphatic carbocycles. The first-order chi connectivity index (χ1) is 13.6. The van der Waals surface area contributed by atoms with Crippen molar-refractivity contribution in [3.05, 3.63) is 46.2 Å². The van der Waals surface area contributed by atoms with E-state index in [1.54, 1.807) is 30.9 Å². The van der Waals surface area contributed by atoms with Gasteiger partial charge in [-0.25, -0.2) is 0 Å². The molecule has 2 amide bonds. The third-order valence-corrected chi connectivity index (χ3v) is 6.78. The number of thioether (sulfide) groups is 1. The third-order valence-electron chi connectivity index (χ3n) is 4.68. The summed E-state index contributed by atoms with van der Waals surface area (Å²) in [5.74, 6) is 1.93. The van der Waals surface area contributed by atoms with Crippen molar-refractivity contribution in [1.29, 1.82) is 0 Å². The van der Waals surface area contributed by atoms with Crippen LogP contribution in [0.15, 0.2) is 35.7 Å². The standard InChI is InChI=1S/C20H24N2O4S2/c1-4-21(19(24)17-6-5-11-27-17)9-10-22-18(23)13-28-20(22)15-12-14(25-2)7-8-16(15)26-3/h5-8,11-12,20H,4,9-10,13H2,1-3H3/t20-/m1/s1. The average Bonchev–Trinajstić information content (AvgIpc) is 3.38. The van der Waals surface area contributed by atoms with Crippen molar-refractivity contribution in [2.45, 2.75) is 12.3 Å². The van der Waals surface area contributed by atoms with Crippen LogP contribution in [0.4, 0.5) is 0 Å². The van der Waals surface area contributed by atoms with Crippen molar-refractivity contribution in [3.63, 3.8) is 0 Å². The molecule has 0 radical (unpaired) electrons. The molecule has 2 aromatic rings. The Morgan fingerprint density at radius 1 is 1.29 bits per heavy atom. The Balaban J connectivity index is 1.77. The van der Waals surface area contributed by atoms with Crippen LogP contribution < -0.4 is 9.47 Å². The molecule has 6 nitrogen and oxygen atoms in total. The van der Waals surface area contributed by atoms with Gasteiger partial charge in [0, 0.05) is 25.2 Å². The fourth-order valence-electron chi connectivity index (χ4n) is 3.17. The number of hydrogen-bond donors (Lipinski definition) is 0. The van der Waals surface area contributed by atoms with E-state index in [9.17, 15) is 9.59 Å². The molecule has 3 rings (SSSR count). The molecule has 150 valence electrons. The lowest BCUT2D eigenvalue weighted by molar-refractivity contribution is -0.128. The van der Waals surface area contributed by atoms with Gasteiger partial charge in [-0.15, -0.1) is 23.1 Å². The number of amides is 2. The molecule has 2 heterocycles. The predicted octanol–water partition coefficient (Wildman–Crippen LogP) is 3.50. The highest BCUT2D eigenvalue weighted by Gasteiger charge is 2.35. The Hall–Kier alpha value is -2.19. The smallest absolute Gasteiger partial charge is 0.263 e. The molecule has 0 unspecified atom stereocenters. The summed E-state index contributed by atoms with van der Waals surface area (Å²) in [6.45, 7) is 3.51. The summed E-state index contributed by atoms with van der Waals surface area (Å²) >= 11 is 3.00. The van der Waals surface area contributed by atoms with E-state index in [1.165, 1.54) is 11.3 Å². The predicted molar refractivity (Wildman–Crippen MR) is 112 cm³/mol. The fraction of sp³-hybridized carbons (Fsp3) is 0.400. The van der Waals surface area contributed by atoms with E-state index in [0.717, 1.165) is 21.9 Å². The number of hydrogen-bond acceptors (Lipinski definition) is 6. The molecule has 0 saturated carbocycles. The number of nitrogens with zero attached hydrogens (tertiary/aromatic N) is 2. The number of ether oxygens (including phenoxy) is 2. The number of carbonyl (C=O) groups is 2. The molecular formula is C20H24N2O4S2. The fourth-order valence-corrected chi connectivity index (χ4v) is 5.10. The first kappa shape index (κ1) is 20.5. The van der Waals surface area contributed by atoms with Crippen LogP contribution in [0.5, 0.6) is 11.5 Å². The number of rotatable bonds is 8. The van der Waals surface area contributed by atoms with Gasteiger partial charge in [-0.1, -0.05) is 6.07 Å². The van der Waals surface area contributed by atoms with Gasteiger partial charge in [-0.3, -0.25) is 9.59 Å². The normalized spacial score (nSPS) is 16.3. The number of carbonyl (C=O) groups excluding carboxylic acids is 2. The molecule has 0 N–H and O–H groups in total. The van der Waals surface area contributed by atoms with E-state index in [-0.39, 0.29) is 17.2 Å². The Bertz CT molecular complexity index is 826. The summed E-state index contributed by atoms with van der Waals surface area (Å²) < 4.78 is 10.8. The lowest BCUT2D eigenvalue weighted by Gasteiger charge is -2.29. The summed E-state index contributed by atoms with van der Waals surface area (Å²) in [6, 6.07) is 9.31. The molecule has 1 aliphatic heterocycles. The van der Waals surface area contributed by atoms with Crippen LogP contribution in [-0.2, 0) is 4.79 Å². The summed E-state index contributed by atoms with van der Waals surface area (Å²) in [7, 11) is 3.24. The minimum absolute atomic E-state index is 0.00677. The van der Waals surface area contributed by atoms with Gasteiger partial charge in [0.25, 0.3) is 5.91 Å². The molecule has 1 aromatic carbocycles. The number of benzene rings is 1. The van der Waals surface area contributed by atoms with Crippen LogP contribution >= 0.6 is 23.1 Å². The first-order valence-electron chi connectivity index (χ1n) is 9.04. The molecule has 1 fully saturated rings. The average molecular weight is 421 g/mol. The number of thiophene rings is 1. The lowest BCUT2D eigenvalue weighted by Crippen LogP contribution is -2.39. The van der Waals surface area contributed by atoms with E-state index < -0.39 is 0 Å². The molecular weight excluding hydrogens is 396 g/mol. The molecule has 1 atom stereocenters. The van der Waals surface area contributed by atoms with Crippen molar-refractivity contribution in [2.24, 2.45) is 0 Å². The van der Waals surface area contributed by atoms with Crippen LogP contribution in [0.25, 0.3) is 0 Å². The van der Waals surface area contributed by atoms with Crippen molar-refractivity contribution in [1.82, 2.24) is 9.80 Å². The van der Waals surface area contributed by atoms with Gasteiger partial charge in [-0.05, 0) is 36.6 Å². The van der Waals surface area contributed by atoms with Crippen molar-refractivity contribution in [2.75, 3.05) is 39.6 Å². The highest BCUT2D eigenvalue weighted by Crippen LogP contribution is 2.43. The summed E-state index contributed by atoms with van der Waals surface area (Å²) in [4.78, 5) is 29.5. The second-order valence-corrected chi connectivity index (χ2v) is 8.24. The van der Waals surface area contributed by atoms with Gasteiger partial charge in [-0.2, -0.15) is 0 Å². The van der Waals surface area contributed by atoms with Gasteiger partial charge in [0.05, 0.1) is 24.8 Å². The number of likely N-dealkylation sites (N-methyl/N-ethyl adjacent to an activating group) is 1. The van der Waals surface area contributed by atoms with Crippen LogP contribution in [0.2, 0.25) is 0 Å². The van der Waals surface area contributed by atoms with E-state index in [2.05, 4.69) is 0 Å². The monoisotopic (exact) mass is 420 g/mol. The van der Waals surface area contributed by atoms with Gasteiger partial charge < -0.3 is 19.3 Å². The maximum Gasteiger partial charge on any atom is 0.263 e. The summed E-state index contributed by atoms with van der Waals surface area (Å²) in [5, 5.41) is 1.74. The quantitative estimate of drug-likeness (QED) is 0.654. The van der Waals surface area contributed by atoms with E-state index in [1.807, 2.05) is 47.5 Å². The van der Waals surface area contributed by atoms with Crippen LogP contribution in [0.3, 0.4) is 0 Å². The maximum atomic E-state index is 12.6. The van der Waals surface area contributed by atoms with Gasteiger partial charge in [0.1, 0.15) is 16.9 Å². The molecule has 8 heteroatoms. The minimum atomic E-state index is -0.159. The first-order valence-corrected chi connectivity index (χ1v) is 11.0. The number of methoxy groups -OCH3 is 2. The summed E-state index contributed by atoms with van der Waals surface area (Å²) in [6.07, 6.45) is 0. The zero-order valence-electron chi connectivity index (χ0n) is 16.2. The van der Waals surface area contributed by atoms with Crippen molar-refractivity contribution < 1.29 is 19.1 Å². The molecule has 1 aliphatic rings. The Labute approximate surface area is 173 Å².